The summed E-state index contributed by atoms with van der Waals surface area (Å²) in [5.41, 5.74) is 10.9. The molecule has 2 aliphatic rings. The maximum atomic E-state index is 13.7. The van der Waals surface area contributed by atoms with Crippen LogP contribution in [-0.4, -0.2) is 62.2 Å². The molecule has 0 bridgehead atoms. The fraction of sp³-hybridized carbons (Fsp3) is 0.389. The third kappa shape index (κ3) is 8.80. The van der Waals surface area contributed by atoms with Gasteiger partial charge in [0.05, 0.1) is 6.54 Å². The van der Waals surface area contributed by atoms with Gasteiger partial charge in [0.1, 0.15) is 5.78 Å². The molecule has 0 unspecified atom stereocenters. The Morgan fingerprint density at radius 2 is 1.59 bits per heavy atom. The van der Waals surface area contributed by atoms with Crippen molar-refractivity contribution in [2.45, 2.75) is 38.5 Å². The summed E-state index contributed by atoms with van der Waals surface area (Å²) in [5.74, 6) is 0.371. The molecule has 0 aromatic heterocycles. The van der Waals surface area contributed by atoms with E-state index in [-0.39, 0.29) is 36.5 Å². The number of nitrogens with two attached hydrogens (primary N) is 1. The van der Waals surface area contributed by atoms with Gasteiger partial charge in [-0.2, -0.15) is 5.11 Å². The second-order valence-electron chi connectivity index (χ2n) is 12.5. The van der Waals surface area contributed by atoms with Crippen molar-refractivity contribution in [2.24, 2.45) is 38.7 Å². The van der Waals surface area contributed by atoms with E-state index in [1.807, 2.05) is 91.8 Å². The number of aliphatic imine (C=N–C) groups is 1. The fourth-order valence-corrected chi connectivity index (χ4v) is 6.14. The highest BCUT2D eigenvalue weighted by molar-refractivity contribution is 6.01. The van der Waals surface area contributed by atoms with Crippen molar-refractivity contribution in [3.05, 3.63) is 83.9 Å². The lowest BCUT2D eigenvalue weighted by atomic mass is 9.77. The van der Waals surface area contributed by atoms with E-state index >= 15 is 0 Å². The van der Waals surface area contributed by atoms with Crippen molar-refractivity contribution in [1.82, 2.24) is 4.90 Å². The number of ketones is 1. The van der Waals surface area contributed by atoms with Crippen LogP contribution < -0.4 is 16.4 Å². The van der Waals surface area contributed by atoms with Gasteiger partial charge in [-0.05, 0) is 100 Å². The molecule has 1 saturated carbocycles. The summed E-state index contributed by atoms with van der Waals surface area (Å²) in [6.45, 7) is 1.28. The zero-order valence-electron chi connectivity index (χ0n) is 26.6. The van der Waals surface area contributed by atoms with Crippen LogP contribution in [-0.2, 0) is 20.8 Å². The van der Waals surface area contributed by atoms with E-state index in [2.05, 4.69) is 25.9 Å². The highest BCUT2D eigenvalue weighted by Crippen LogP contribution is 2.32. The Hall–Kier alpha value is -4.54. The number of hydrogen-bond acceptors (Lipinski definition) is 8. The molecule has 0 saturated heterocycles. The minimum absolute atomic E-state index is 0.0275. The number of anilines is 2. The lowest BCUT2D eigenvalue weighted by Crippen LogP contribution is -2.31. The van der Waals surface area contributed by atoms with Crippen molar-refractivity contribution in [1.29, 1.82) is 0 Å². The molecule has 46 heavy (non-hydrogen) atoms. The van der Waals surface area contributed by atoms with Crippen LogP contribution in [0.2, 0.25) is 0 Å². The second-order valence-corrected chi connectivity index (χ2v) is 12.5. The third-order valence-electron chi connectivity index (χ3n) is 8.72. The first-order valence-corrected chi connectivity index (χ1v) is 16.0. The predicted octanol–water partition coefficient (Wildman–Crippen LogP) is 5.55. The molecule has 2 amide bonds. The van der Waals surface area contributed by atoms with Gasteiger partial charge in [-0.3, -0.25) is 14.4 Å². The number of para-hydroxylation sites is 1. The highest BCUT2D eigenvalue weighted by atomic mass is 16.2. The van der Waals surface area contributed by atoms with Crippen LogP contribution in [0, 0.1) is 17.8 Å². The number of amides is 2. The zero-order chi connectivity index (χ0) is 32.5. The first-order valence-electron chi connectivity index (χ1n) is 16.0. The number of azo groups is 1. The Morgan fingerprint density at radius 3 is 2.24 bits per heavy atom. The number of nitrogens with zero attached hydrogens (tertiary/aromatic N) is 4. The highest BCUT2D eigenvalue weighted by Gasteiger charge is 2.30. The van der Waals surface area contributed by atoms with Crippen LogP contribution in [0.5, 0.6) is 0 Å². The molecule has 1 heterocycles. The van der Waals surface area contributed by atoms with Crippen molar-refractivity contribution < 1.29 is 14.4 Å². The smallest absolute Gasteiger partial charge is 0.238 e. The normalized spacial score (nSPS) is 18.2. The molecule has 3 aromatic rings. The first-order chi connectivity index (χ1) is 22.3. The van der Waals surface area contributed by atoms with Crippen LogP contribution in [0.15, 0.2) is 88.0 Å². The summed E-state index contributed by atoms with van der Waals surface area (Å²) < 4.78 is 0. The largest absolute Gasteiger partial charge is 0.330 e. The summed E-state index contributed by atoms with van der Waals surface area (Å²) in [5, 5.41) is 14.0. The molecule has 0 radical (unpaired) electrons. The lowest BCUT2D eigenvalue weighted by molar-refractivity contribution is -0.129. The van der Waals surface area contributed by atoms with Crippen LogP contribution in [0.3, 0.4) is 0 Å². The Kier molecular flexibility index (Phi) is 11.2. The number of hydrogen-bond donors (Lipinski definition) is 3. The standard InChI is InChI=1S/C36H43N7O3/c1-43(2)22-34(45)41-32-6-4-3-5-31(32)26-11-7-24(8-12-26)19-29(20-33(44)27-13-9-25(21-37)10-14-27)36(46)40-30-17-15-28(16-18-30)35-38-23-39-42-35/h3-8,11-12,15-18,25,27,29H,9-10,13-14,19-23,37H2,1-2H3,(H,40,46)(H,41,45)/t25?,27?,29-/m1/s1. The maximum absolute atomic E-state index is 13.7. The van der Waals surface area contributed by atoms with Gasteiger partial charge in [-0.1, -0.05) is 42.5 Å². The molecule has 10 nitrogen and oxygen atoms in total. The van der Waals surface area contributed by atoms with E-state index in [1.54, 1.807) is 0 Å². The van der Waals surface area contributed by atoms with Gasteiger partial charge >= 0.3 is 0 Å². The molecule has 1 aliphatic carbocycles. The lowest BCUT2D eigenvalue weighted by Gasteiger charge is -2.27. The Balaban J connectivity index is 1.30. The van der Waals surface area contributed by atoms with Crippen molar-refractivity contribution in [2.75, 3.05) is 44.5 Å². The molecule has 1 atom stereocenters. The van der Waals surface area contributed by atoms with E-state index < -0.39 is 5.92 Å². The quantitative estimate of drug-likeness (QED) is 0.230. The number of carbonyl (C=O) groups excluding carboxylic acids is 3. The van der Waals surface area contributed by atoms with Gasteiger partial charge in [0.15, 0.2) is 12.5 Å². The topological polar surface area (TPSA) is 142 Å². The predicted molar refractivity (Wildman–Crippen MR) is 182 cm³/mol. The van der Waals surface area contributed by atoms with Crippen LogP contribution in [0.25, 0.3) is 11.1 Å². The average Bonchev–Trinajstić information content (AvgIpc) is 3.60. The molecule has 0 spiro atoms. The molecular formula is C36H43N7O3. The van der Waals surface area contributed by atoms with Gasteiger partial charge in [0.2, 0.25) is 11.8 Å². The average molecular weight is 622 g/mol. The van der Waals surface area contributed by atoms with Crippen molar-refractivity contribution in [3.8, 4) is 11.1 Å². The van der Waals surface area contributed by atoms with Crippen LogP contribution in [0.1, 0.15) is 43.2 Å². The second kappa shape index (κ2) is 15.6. The number of likely N-dealkylation sites (N-methyl/N-ethyl adjacent to an activating group) is 1. The van der Waals surface area contributed by atoms with Gasteiger partial charge in [0, 0.05) is 40.8 Å². The van der Waals surface area contributed by atoms with E-state index in [4.69, 9.17) is 5.73 Å². The SMILES string of the molecule is CN(C)CC(=O)Nc1ccccc1-c1ccc(C[C@H](CC(=O)C2CCC(CN)CC2)C(=O)Nc2ccc(C3=NCN=N3)cc2)cc1. The monoisotopic (exact) mass is 621 g/mol. The maximum Gasteiger partial charge on any atom is 0.238 e. The molecule has 5 rings (SSSR count). The van der Waals surface area contributed by atoms with Gasteiger partial charge in [-0.15, -0.1) is 5.11 Å². The third-order valence-corrected chi connectivity index (χ3v) is 8.72. The van der Waals surface area contributed by atoms with Crippen molar-refractivity contribution >= 4 is 34.8 Å². The Morgan fingerprint density at radius 1 is 0.891 bits per heavy atom. The van der Waals surface area contributed by atoms with Crippen LogP contribution in [0.4, 0.5) is 11.4 Å². The number of Topliss-reactive ketones (excluding diaryl/α,β-unsaturated/α-hetero) is 1. The van der Waals surface area contributed by atoms with Crippen molar-refractivity contribution in [3.63, 3.8) is 0 Å². The number of amidine groups is 1. The summed E-state index contributed by atoms with van der Waals surface area (Å²) >= 11 is 0. The van der Waals surface area contributed by atoms with Gasteiger partial charge < -0.3 is 21.3 Å². The van der Waals surface area contributed by atoms with Gasteiger partial charge in [0.25, 0.3) is 0 Å². The molecule has 4 N–H and O–H groups in total. The Labute approximate surface area is 270 Å². The molecule has 1 fully saturated rings. The first kappa shape index (κ1) is 32.8. The molecule has 1 aliphatic heterocycles. The van der Waals surface area contributed by atoms with E-state index in [9.17, 15) is 14.4 Å². The van der Waals surface area contributed by atoms with Gasteiger partial charge in [-0.25, -0.2) is 4.99 Å². The number of carbonyl (C=O) groups is 3. The summed E-state index contributed by atoms with van der Waals surface area (Å²) in [4.78, 5) is 45.7. The van der Waals surface area contributed by atoms with E-state index in [0.717, 1.165) is 53.6 Å². The summed E-state index contributed by atoms with van der Waals surface area (Å²) in [6.07, 6.45) is 4.18. The summed E-state index contributed by atoms with van der Waals surface area (Å²) in [6, 6.07) is 23.0. The number of nitrogens with one attached hydrogen (secondary N) is 2. The molecule has 10 heteroatoms. The van der Waals surface area contributed by atoms with E-state index in [0.29, 0.717) is 37.1 Å². The minimum atomic E-state index is -0.532. The molecule has 3 aromatic carbocycles. The zero-order valence-corrected chi connectivity index (χ0v) is 26.6. The number of rotatable bonds is 13. The Bertz CT molecular complexity index is 1570. The van der Waals surface area contributed by atoms with Crippen LogP contribution >= 0.6 is 0 Å². The molecule has 240 valence electrons. The van der Waals surface area contributed by atoms with E-state index in [1.165, 1.54) is 0 Å². The fourth-order valence-electron chi connectivity index (χ4n) is 6.14. The number of benzene rings is 3. The molecular weight excluding hydrogens is 578 g/mol. The minimum Gasteiger partial charge on any atom is -0.330 e. The summed E-state index contributed by atoms with van der Waals surface area (Å²) in [7, 11) is 3.71.